The van der Waals surface area contributed by atoms with Crippen molar-refractivity contribution in [2.24, 2.45) is 15.7 Å². The van der Waals surface area contributed by atoms with Crippen LogP contribution in [0.3, 0.4) is 0 Å². The van der Waals surface area contributed by atoms with Crippen molar-refractivity contribution >= 4 is 51.8 Å². The Hall–Kier alpha value is -0.910. The quantitative estimate of drug-likeness (QED) is 0.104. The van der Waals surface area contributed by atoms with Crippen LogP contribution in [0.4, 0.5) is 5.69 Å². The highest BCUT2D eigenvalue weighted by atomic mass is 35.5. The van der Waals surface area contributed by atoms with E-state index in [1.165, 1.54) is 96.3 Å². The molecule has 35 heavy (non-hydrogen) atoms. The Labute approximate surface area is 229 Å². The smallest absolute Gasteiger partial charge is 0.200 e. The second-order valence-electron chi connectivity index (χ2n) is 9.21. The zero-order valence-corrected chi connectivity index (χ0v) is 24.4. The maximum Gasteiger partial charge on any atom is 0.200 e. The van der Waals surface area contributed by atoms with E-state index in [9.17, 15) is 0 Å². The molecule has 0 aromatic heterocycles. The number of benzene rings is 1. The molecule has 0 aliphatic heterocycles. The summed E-state index contributed by atoms with van der Waals surface area (Å²) >= 11 is 13.8. The Morgan fingerprint density at radius 3 is 1.89 bits per heavy atom. The molecule has 0 heterocycles. The van der Waals surface area contributed by atoms with Gasteiger partial charge in [0.15, 0.2) is 11.1 Å². The van der Waals surface area contributed by atoms with Gasteiger partial charge in [0.05, 0.1) is 10.0 Å². The molecule has 0 fully saturated rings. The second kappa shape index (κ2) is 22.3. The van der Waals surface area contributed by atoms with Crippen LogP contribution in [0.15, 0.2) is 28.2 Å². The van der Waals surface area contributed by atoms with Gasteiger partial charge in [-0.25, -0.2) is 0 Å². The molecular formula is C28H48Cl2N4S. The maximum atomic E-state index is 6.18. The molecule has 0 radical (unpaired) electrons. The van der Waals surface area contributed by atoms with E-state index in [1.54, 1.807) is 23.9 Å². The number of hydrogen-bond acceptors (Lipinski definition) is 2. The van der Waals surface area contributed by atoms with Crippen LogP contribution in [0.2, 0.25) is 10.0 Å². The molecule has 0 bridgehead atoms. The van der Waals surface area contributed by atoms with Crippen LogP contribution in [0, 0.1) is 0 Å². The van der Waals surface area contributed by atoms with Crippen molar-refractivity contribution in [3.63, 3.8) is 0 Å². The molecule has 0 amide bonds. The van der Waals surface area contributed by atoms with Gasteiger partial charge >= 0.3 is 0 Å². The number of aliphatic imine (C=N–C) groups is 2. The molecule has 1 rings (SSSR count). The molecule has 0 aliphatic carbocycles. The number of anilines is 1. The van der Waals surface area contributed by atoms with Crippen LogP contribution in [0.5, 0.6) is 0 Å². The summed E-state index contributed by atoms with van der Waals surface area (Å²) in [6.07, 6.45) is 20.9. The number of unbranched alkanes of at least 4 members (excludes halogenated alkanes) is 14. The predicted molar refractivity (Wildman–Crippen MR) is 162 cm³/mol. The van der Waals surface area contributed by atoms with Crippen molar-refractivity contribution < 1.29 is 0 Å². The number of halogens is 2. The third kappa shape index (κ3) is 18.1. The number of hydrogen-bond donors (Lipinski definition) is 2. The average molecular weight is 544 g/mol. The van der Waals surface area contributed by atoms with Crippen LogP contribution >= 0.6 is 35.0 Å². The number of nitrogens with zero attached hydrogens (tertiary/aromatic N) is 2. The van der Waals surface area contributed by atoms with E-state index < -0.39 is 0 Å². The van der Waals surface area contributed by atoms with Crippen LogP contribution in [0.25, 0.3) is 0 Å². The number of guanidine groups is 1. The minimum atomic E-state index is 0.320. The van der Waals surface area contributed by atoms with Crippen molar-refractivity contribution in [2.45, 2.75) is 117 Å². The van der Waals surface area contributed by atoms with Gasteiger partial charge in [-0.3, -0.25) is 4.99 Å². The first kappa shape index (κ1) is 32.1. The molecule has 0 unspecified atom stereocenters. The largest absolute Gasteiger partial charge is 0.369 e. The van der Waals surface area contributed by atoms with E-state index in [-0.39, 0.29) is 0 Å². The summed E-state index contributed by atoms with van der Waals surface area (Å²) in [6.45, 7) is 5.33. The zero-order chi connectivity index (χ0) is 25.6. The number of rotatable bonds is 19. The summed E-state index contributed by atoms with van der Waals surface area (Å²) in [5.74, 6) is 1.34. The normalized spacial score (nSPS) is 12.3. The lowest BCUT2D eigenvalue weighted by Crippen LogP contribution is -2.23. The summed E-state index contributed by atoms with van der Waals surface area (Å²) in [7, 11) is 0. The molecule has 0 saturated heterocycles. The van der Waals surface area contributed by atoms with E-state index in [4.69, 9.17) is 33.9 Å². The molecular weight excluding hydrogens is 495 g/mol. The highest BCUT2D eigenvalue weighted by Gasteiger charge is 2.04. The van der Waals surface area contributed by atoms with Crippen LogP contribution < -0.4 is 11.1 Å². The second-order valence-corrected chi connectivity index (χ2v) is 11.1. The molecule has 0 spiro atoms. The van der Waals surface area contributed by atoms with Gasteiger partial charge < -0.3 is 11.1 Å². The fourth-order valence-corrected chi connectivity index (χ4v) is 4.96. The van der Waals surface area contributed by atoms with Crippen molar-refractivity contribution in [1.29, 1.82) is 0 Å². The Morgan fingerprint density at radius 2 is 1.31 bits per heavy atom. The van der Waals surface area contributed by atoms with Gasteiger partial charge in [-0.1, -0.05) is 139 Å². The molecule has 4 nitrogen and oxygen atoms in total. The molecule has 1 aromatic carbocycles. The Balaban J connectivity index is 2.45. The first-order valence-corrected chi connectivity index (χ1v) is 15.5. The third-order valence-electron chi connectivity index (χ3n) is 5.90. The highest BCUT2D eigenvalue weighted by molar-refractivity contribution is 8.13. The van der Waals surface area contributed by atoms with E-state index >= 15 is 0 Å². The molecule has 1 aromatic rings. The fraction of sp³-hybridized carbons (Fsp3) is 0.714. The minimum Gasteiger partial charge on any atom is -0.369 e. The van der Waals surface area contributed by atoms with Gasteiger partial charge in [0.2, 0.25) is 0 Å². The maximum absolute atomic E-state index is 6.18. The van der Waals surface area contributed by atoms with E-state index in [2.05, 4.69) is 24.2 Å². The summed E-state index contributed by atoms with van der Waals surface area (Å²) in [6, 6.07) is 5.32. The number of amidine groups is 1. The third-order valence-corrected chi connectivity index (χ3v) is 7.61. The van der Waals surface area contributed by atoms with Gasteiger partial charge in [0.25, 0.3) is 0 Å². The standard InChI is InChI=1S/C28H48Cl2N4S/c1-3-5-7-9-11-12-13-14-15-17-21-32-28(35-22-18-16-10-8-6-4-2)34-27(31)33-24-19-20-25(29)26(30)23-24/h19-20,23H,3-18,21-22H2,1-2H3,(H3,31,32,33,34). The summed E-state index contributed by atoms with van der Waals surface area (Å²) in [5, 5.41) is 4.86. The van der Waals surface area contributed by atoms with Gasteiger partial charge in [-0.05, 0) is 31.0 Å². The summed E-state index contributed by atoms with van der Waals surface area (Å²) in [5.41, 5.74) is 6.94. The number of nitrogens with two attached hydrogens (primary N) is 1. The van der Waals surface area contributed by atoms with Gasteiger partial charge in [0.1, 0.15) is 0 Å². The van der Waals surface area contributed by atoms with Crippen molar-refractivity contribution in [3.05, 3.63) is 28.2 Å². The molecule has 200 valence electrons. The monoisotopic (exact) mass is 542 g/mol. The first-order chi connectivity index (χ1) is 17.1. The zero-order valence-electron chi connectivity index (χ0n) is 22.1. The van der Waals surface area contributed by atoms with Crippen molar-refractivity contribution in [2.75, 3.05) is 17.6 Å². The lowest BCUT2D eigenvalue weighted by molar-refractivity contribution is 0.558. The first-order valence-electron chi connectivity index (χ1n) is 13.8. The molecule has 0 aliphatic rings. The summed E-state index contributed by atoms with van der Waals surface area (Å²) < 4.78 is 0. The summed E-state index contributed by atoms with van der Waals surface area (Å²) in [4.78, 5) is 9.35. The Morgan fingerprint density at radius 1 is 0.771 bits per heavy atom. The fourth-order valence-electron chi connectivity index (χ4n) is 3.79. The molecule has 3 N–H and O–H groups in total. The average Bonchev–Trinajstić information content (AvgIpc) is 2.84. The molecule has 0 atom stereocenters. The van der Waals surface area contributed by atoms with Crippen LogP contribution in [0.1, 0.15) is 117 Å². The predicted octanol–water partition coefficient (Wildman–Crippen LogP) is 10.1. The van der Waals surface area contributed by atoms with E-state index in [0.717, 1.165) is 29.6 Å². The van der Waals surface area contributed by atoms with Crippen molar-refractivity contribution in [3.8, 4) is 0 Å². The lowest BCUT2D eigenvalue weighted by Gasteiger charge is -2.08. The topological polar surface area (TPSA) is 62.8 Å². The van der Waals surface area contributed by atoms with E-state index in [0.29, 0.717) is 16.0 Å². The van der Waals surface area contributed by atoms with E-state index in [1.807, 2.05) is 6.07 Å². The Kier molecular flexibility index (Phi) is 20.5. The number of nitrogens with one attached hydrogen (secondary N) is 1. The lowest BCUT2D eigenvalue weighted by atomic mass is 10.1. The molecule has 7 heteroatoms. The highest BCUT2D eigenvalue weighted by Crippen LogP contribution is 2.25. The van der Waals surface area contributed by atoms with Gasteiger partial charge in [-0.2, -0.15) is 4.99 Å². The molecule has 0 saturated carbocycles. The Bertz CT molecular complexity index is 725. The SMILES string of the molecule is CCCCCCCCCCCCN=C(/N=C(\N)Nc1ccc(Cl)c(Cl)c1)SCCCCCCCC. The van der Waals surface area contributed by atoms with Crippen LogP contribution in [-0.2, 0) is 0 Å². The number of thioether (sulfide) groups is 1. The van der Waals surface area contributed by atoms with Crippen molar-refractivity contribution in [1.82, 2.24) is 0 Å². The minimum absolute atomic E-state index is 0.320. The van der Waals surface area contributed by atoms with Gasteiger partial charge in [-0.15, -0.1) is 0 Å². The van der Waals surface area contributed by atoms with Gasteiger partial charge in [0, 0.05) is 18.0 Å². The van der Waals surface area contributed by atoms with Crippen LogP contribution in [-0.4, -0.2) is 23.4 Å².